The number of nitrogens with zero attached hydrogens (tertiary/aromatic N) is 2. The summed E-state index contributed by atoms with van der Waals surface area (Å²) in [4.78, 5) is 15.7. The van der Waals surface area contributed by atoms with Crippen molar-refractivity contribution in [1.82, 2.24) is 9.80 Å². The first-order valence-electron chi connectivity index (χ1n) is 5.94. The zero-order valence-electron chi connectivity index (χ0n) is 9.85. The molecule has 0 saturated carbocycles. The Hall–Kier alpha value is -0.650. The second kappa shape index (κ2) is 4.31. The normalized spacial score (nSPS) is 26.6. The molecule has 2 rings (SSSR count). The highest BCUT2D eigenvalue weighted by Crippen LogP contribution is 2.20. The summed E-state index contributed by atoms with van der Waals surface area (Å²) in [5, 5.41) is 9.55. The lowest BCUT2D eigenvalue weighted by Gasteiger charge is -2.45. The van der Waals surface area contributed by atoms with Crippen molar-refractivity contribution < 1.29 is 9.90 Å². The number of β-amino-alcohol motifs (C(OH)–C–C–N with tert-alkyl or cyclic N) is 1. The average Bonchev–Trinajstić information content (AvgIpc) is 2.18. The molecule has 2 aliphatic rings. The average molecular weight is 227 g/mol. The molecule has 0 aliphatic carbocycles. The summed E-state index contributed by atoms with van der Waals surface area (Å²) in [6.07, 6.45) is 1.95. The first-order chi connectivity index (χ1) is 7.46. The van der Waals surface area contributed by atoms with E-state index in [4.69, 9.17) is 5.73 Å². The van der Waals surface area contributed by atoms with Gasteiger partial charge in [0, 0.05) is 19.1 Å². The van der Waals surface area contributed by atoms with Gasteiger partial charge in [-0.1, -0.05) is 0 Å². The maximum absolute atomic E-state index is 11.8. The molecule has 0 bridgehead atoms. The SMILES string of the molecule is CC1(O)CN(C(=O)CN2CCC(N)CC2)C1. The van der Waals surface area contributed by atoms with E-state index in [0.717, 1.165) is 25.9 Å². The second-order valence-electron chi connectivity index (χ2n) is 5.36. The molecule has 3 N–H and O–H groups in total. The van der Waals surface area contributed by atoms with Crippen molar-refractivity contribution >= 4 is 5.91 Å². The van der Waals surface area contributed by atoms with E-state index in [2.05, 4.69) is 4.90 Å². The molecule has 0 unspecified atom stereocenters. The Morgan fingerprint density at radius 1 is 1.44 bits per heavy atom. The molecule has 16 heavy (non-hydrogen) atoms. The summed E-state index contributed by atoms with van der Waals surface area (Å²) < 4.78 is 0. The van der Waals surface area contributed by atoms with Crippen LogP contribution in [0.5, 0.6) is 0 Å². The van der Waals surface area contributed by atoms with E-state index in [1.54, 1.807) is 11.8 Å². The van der Waals surface area contributed by atoms with Gasteiger partial charge in [0.2, 0.25) is 5.91 Å². The van der Waals surface area contributed by atoms with E-state index < -0.39 is 5.60 Å². The zero-order valence-corrected chi connectivity index (χ0v) is 9.85. The number of carbonyl (C=O) groups excluding carboxylic acids is 1. The van der Waals surface area contributed by atoms with Crippen LogP contribution in [0.2, 0.25) is 0 Å². The zero-order chi connectivity index (χ0) is 11.8. The number of piperidine rings is 1. The van der Waals surface area contributed by atoms with Crippen LogP contribution in [0.15, 0.2) is 0 Å². The van der Waals surface area contributed by atoms with Crippen molar-refractivity contribution in [2.75, 3.05) is 32.7 Å². The second-order valence-corrected chi connectivity index (χ2v) is 5.36. The molecule has 5 heteroatoms. The topological polar surface area (TPSA) is 69.8 Å². The van der Waals surface area contributed by atoms with Crippen molar-refractivity contribution in [1.29, 1.82) is 0 Å². The quantitative estimate of drug-likeness (QED) is 0.635. The van der Waals surface area contributed by atoms with Gasteiger partial charge < -0.3 is 15.7 Å². The highest BCUT2D eigenvalue weighted by atomic mass is 16.3. The minimum atomic E-state index is -0.667. The molecule has 2 fully saturated rings. The van der Waals surface area contributed by atoms with Crippen LogP contribution in [-0.2, 0) is 4.79 Å². The molecule has 0 aromatic carbocycles. The number of nitrogens with two attached hydrogens (primary N) is 1. The maximum atomic E-state index is 11.8. The molecule has 2 saturated heterocycles. The van der Waals surface area contributed by atoms with Crippen molar-refractivity contribution in [3.05, 3.63) is 0 Å². The van der Waals surface area contributed by atoms with E-state index >= 15 is 0 Å². The van der Waals surface area contributed by atoms with E-state index in [-0.39, 0.29) is 5.91 Å². The number of likely N-dealkylation sites (tertiary alicyclic amines) is 2. The lowest BCUT2D eigenvalue weighted by Crippen LogP contribution is -2.63. The predicted octanol–water partition coefficient (Wildman–Crippen LogP) is -0.997. The number of amides is 1. The highest BCUT2D eigenvalue weighted by Gasteiger charge is 2.39. The molecule has 0 aromatic heterocycles. The van der Waals surface area contributed by atoms with Gasteiger partial charge in [-0.3, -0.25) is 9.69 Å². The van der Waals surface area contributed by atoms with E-state index in [9.17, 15) is 9.90 Å². The van der Waals surface area contributed by atoms with Gasteiger partial charge in [-0.2, -0.15) is 0 Å². The molecular weight excluding hydrogens is 206 g/mol. The third kappa shape index (κ3) is 2.72. The fourth-order valence-electron chi connectivity index (χ4n) is 2.35. The maximum Gasteiger partial charge on any atom is 0.236 e. The van der Waals surface area contributed by atoms with Crippen LogP contribution < -0.4 is 5.73 Å². The van der Waals surface area contributed by atoms with Gasteiger partial charge in [0.15, 0.2) is 0 Å². The Kier molecular flexibility index (Phi) is 3.19. The fraction of sp³-hybridized carbons (Fsp3) is 0.909. The van der Waals surface area contributed by atoms with Gasteiger partial charge in [0.05, 0.1) is 25.2 Å². The van der Waals surface area contributed by atoms with Crippen molar-refractivity contribution in [3.8, 4) is 0 Å². The van der Waals surface area contributed by atoms with E-state index in [1.807, 2.05) is 0 Å². The smallest absolute Gasteiger partial charge is 0.236 e. The molecule has 0 aromatic rings. The van der Waals surface area contributed by atoms with Crippen molar-refractivity contribution in [2.24, 2.45) is 5.73 Å². The largest absolute Gasteiger partial charge is 0.386 e. The van der Waals surface area contributed by atoms with Gasteiger partial charge in [0.25, 0.3) is 0 Å². The number of carbonyl (C=O) groups is 1. The molecule has 0 spiro atoms. The third-order valence-corrected chi connectivity index (χ3v) is 3.41. The Morgan fingerprint density at radius 3 is 2.50 bits per heavy atom. The third-order valence-electron chi connectivity index (χ3n) is 3.41. The molecule has 0 atom stereocenters. The van der Waals surface area contributed by atoms with Gasteiger partial charge in [-0.15, -0.1) is 0 Å². The minimum absolute atomic E-state index is 0.127. The molecular formula is C11H21N3O2. The first kappa shape index (κ1) is 11.8. The van der Waals surface area contributed by atoms with Gasteiger partial charge in [-0.05, 0) is 19.8 Å². The summed E-state index contributed by atoms with van der Waals surface area (Å²) in [5.41, 5.74) is 5.14. The lowest BCUT2D eigenvalue weighted by molar-refractivity contribution is -0.153. The molecule has 0 radical (unpaired) electrons. The molecule has 5 nitrogen and oxygen atoms in total. The Labute approximate surface area is 96.2 Å². The number of hydrogen-bond donors (Lipinski definition) is 2. The summed E-state index contributed by atoms with van der Waals surface area (Å²) in [6, 6.07) is 0.302. The first-order valence-corrected chi connectivity index (χ1v) is 5.94. The van der Waals surface area contributed by atoms with Gasteiger partial charge >= 0.3 is 0 Å². The van der Waals surface area contributed by atoms with Crippen LogP contribution in [0.4, 0.5) is 0 Å². The van der Waals surface area contributed by atoms with Crippen molar-refractivity contribution in [3.63, 3.8) is 0 Å². The summed E-state index contributed by atoms with van der Waals surface area (Å²) >= 11 is 0. The standard InChI is InChI=1S/C11H21N3O2/c1-11(16)7-14(8-11)10(15)6-13-4-2-9(12)3-5-13/h9,16H,2-8,12H2,1H3. The van der Waals surface area contributed by atoms with Crippen molar-refractivity contribution in [2.45, 2.75) is 31.4 Å². The summed E-state index contributed by atoms with van der Waals surface area (Å²) in [6.45, 7) is 5.01. The highest BCUT2D eigenvalue weighted by molar-refractivity contribution is 5.79. The number of hydrogen-bond acceptors (Lipinski definition) is 4. The number of rotatable bonds is 2. The van der Waals surface area contributed by atoms with Crippen LogP contribution in [0.3, 0.4) is 0 Å². The summed E-state index contributed by atoms with van der Waals surface area (Å²) in [5.74, 6) is 0.127. The van der Waals surface area contributed by atoms with Gasteiger partial charge in [-0.25, -0.2) is 0 Å². The molecule has 2 aliphatic heterocycles. The van der Waals surface area contributed by atoms with Crippen LogP contribution in [0.1, 0.15) is 19.8 Å². The van der Waals surface area contributed by atoms with E-state index in [1.165, 1.54) is 0 Å². The Morgan fingerprint density at radius 2 is 2.00 bits per heavy atom. The minimum Gasteiger partial charge on any atom is -0.386 e. The number of aliphatic hydroxyl groups is 1. The molecule has 92 valence electrons. The van der Waals surface area contributed by atoms with Crippen LogP contribution in [-0.4, -0.2) is 65.2 Å². The van der Waals surface area contributed by atoms with Crippen LogP contribution in [0.25, 0.3) is 0 Å². The molecule has 1 amide bonds. The molecule has 2 heterocycles. The monoisotopic (exact) mass is 227 g/mol. The Balaban J connectivity index is 1.72. The van der Waals surface area contributed by atoms with E-state index in [0.29, 0.717) is 25.7 Å². The fourth-order valence-corrected chi connectivity index (χ4v) is 2.35. The lowest BCUT2D eigenvalue weighted by atomic mass is 9.97. The Bertz CT molecular complexity index is 264. The summed E-state index contributed by atoms with van der Waals surface area (Å²) in [7, 11) is 0. The van der Waals surface area contributed by atoms with Crippen LogP contribution >= 0.6 is 0 Å². The van der Waals surface area contributed by atoms with Crippen LogP contribution in [0, 0.1) is 0 Å². The van der Waals surface area contributed by atoms with Gasteiger partial charge in [0.1, 0.15) is 0 Å². The predicted molar refractivity (Wildman–Crippen MR) is 60.9 cm³/mol.